The van der Waals surface area contributed by atoms with Crippen molar-refractivity contribution >= 4 is 93.5 Å². The summed E-state index contributed by atoms with van der Waals surface area (Å²) in [5.74, 6) is 0. The molecular weight excluding hydrogens is 613 g/mol. The van der Waals surface area contributed by atoms with E-state index < -0.39 is 0 Å². The molecule has 4 nitrogen and oxygen atoms in total. The Morgan fingerprint density at radius 3 is 1.92 bits per heavy atom. The van der Waals surface area contributed by atoms with Crippen molar-refractivity contribution in [3.63, 3.8) is 0 Å². The van der Waals surface area contributed by atoms with E-state index in [4.69, 9.17) is 8.83 Å². The van der Waals surface area contributed by atoms with Gasteiger partial charge in [-0.2, -0.15) is 0 Å². The van der Waals surface area contributed by atoms with Gasteiger partial charge in [-0.3, -0.25) is 0 Å². The van der Waals surface area contributed by atoms with Crippen LogP contribution in [0, 0.1) is 0 Å². The van der Waals surface area contributed by atoms with E-state index in [9.17, 15) is 0 Å². The molecule has 0 saturated heterocycles. The minimum Gasteiger partial charge on any atom is -0.456 e. The van der Waals surface area contributed by atoms with Crippen molar-refractivity contribution in [3.05, 3.63) is 158 Å². The standard InChI is InChI=1S/C46H26N2O2/c1-2-11-30(12-3-1)47-39-26-29(28-19-23-42-36(24-28)33-15-7-8-16-40(33)49-42)25-37-34-20-18-27-10-4-5-13-31(27)43(34)48(44(37)39)38-22-21-35-32-14-6-9-17-41(32)50-46(35)45(38)47/h1-26H. The fraction of sp³-hybridized carbons (Fsp3) is 0. The Hall–Kier alpha value is -6.78. The van der Waals surface area contributed by atoms with Gasteiger partial charge >= 0.3 is 0 Å². The van der Waals surface area contributed by atoms with Gasteiger partial charge in [0.1, 0.15) is 22.4 Å². The topological polar surface area (TPSA) is 34.5 Å². The Bertz CT molecular complexity index is 3220. The number of para-hydroxylation sites is 3. The molecule has 0 atom stereocenters. The first-order valence-electron chi connectivity index (χ1n) is 17.0. The lowest BCUT2D eigenvalue weighted by Gasteiger charge is -2.33. The lowest BCUT2D eigenvalue weighted by molar-refractivity contribution is 0.668. The number of fused-ring (bicyclic) bond motifs is 14. The number of rotatable bonds is 2. The predicted octanol–water partition coefficient (Wildman–Crippen LogP) is 13.2. The number of hydrogen-bond donors (Lipinski definition) is 0. The summed E-state index contributed by atoms with van der Waals surface area (Å²) in [7, 11) is 0. The number of furan rings is 2. The van der Waals surface area contributed by atoms with Crippen LogP contribution in [0.25, 0.3) is 93.3 Å². The third-order valence-corrected chi connectivity index (χ3v) is 10.7. The summed E-state index contributed by atoms with van der Waals surface area (Å²) in [5.41, 5.74) is 12.6. The maximum Gasteiger partial charge on any atom is 0.161 e. The summed E-state index contributed by atoms with van der Waals surface area (Å²) in [4.78, 5) is 2.42. The minimum absolute atomic E-state index is 0.880. The number of aromatic nitrogens is 1. The Morgan fingerprint density at radius 2 is 1.06 bits per heavy atom. The largest absolute Gasteiger partial charge is 0.456 e. The molecule has 0 fully saturated rings. The Balaban J connectivity index is 1.27. The highest BCUT2D eigenvalue weighted by Crippen LogP contribution is 2.55. The van der Waals surface area contributed by atoms with E-state index in [0.717, 1.165) is 77.8 Å². The summed E-state index contributed by atoms with van der Waals surface area (Å²) in [6, 6.07) is 56.5. The van der Waals surface area contributed by atoms with E-state index in [1.54, 1.807) is 0 Å². The molecule has 50 heavy (non-hydrogen) atoms. The quantitative estimate of drug-likeness (QED) is 0.189. The molecule has 4 heterocycles. The first kappa shape index (κ1) is 26.2. The summed E-state index contributed by atoms with van der Waals surface area (Å²) in [6.07, 6.45) is 0. The summed E-state index contributed by atoms with van der Waals surface area (Å²) in [5, 5.41) is 9.35. The van der Waals surface area contributed by atoms with Crippen molar-refractivity contribution in [2.75, 3.05) is 4.90 Å². The van der Waals surface area contributed by atoms with Gasteiger partial charge in [-0.15, -0.1) is 0 Å². The average molecular weight is 639 g/mol. The molecule has 8 aromatic carbocycles. The van der Waals surface area contributed by atoms with Gasteiger partial charge in [0, 0.05) is 43.4 Å². The van der Waals surface area contributed by atoms with Crippen molar-refractivity contribution in [3.8, 4) is 16.8 Å². The second-order valence-corrected chi connectivity index (χ2v) is 13.3. The minimum atomic E-state index is 0.880. The monoisotopic (exact) mass is 638 g/mol. The number of hydrogen-bond acceptors (Lipinski definition) is 3. The van der Waals surface area contributed by atoms with Gasteiger partial charge in [-0.25, -0.2) is 0 Å². The fourth-order valence-corrected chi connectivity index (χ4v) is 8.49. The third-order valence-electron chi connectivity index (χ3n) is 10.7. The Kier molecular flexibility index (Phi) is 4.94. The van der Waals surface area contributed by atoms with Crippen LogP contribution < -0.4 is 4.90 Å². The molecule has 1 aliphatic heterocycles. The van der Waals surface area contributed by atoms with E-state index in [0.29, 0.717) is 0 Å². The maximum atomic E-state index is 6.82. The second kappa shape index (κ2) is 9.43. The molecule has 0 spiro atoms. The molecule has 1 aliphatic rings. The Labute approximate surface area is 285 Å². The molecule has 12 rings (SSSR count). The van der Waals surface area contributed by atoms with Crippen molar-refractivity contribution in [2.24, 2.45) is 0 Å². The van der Waals surface area contributed by atoms with Gasteiger partial charge in [0.25, 0.3) is 0 Å². The zero-order chi connectivity index (χ0) is 32.5. The van der Waals surface area contributed by atoms with Gasteiger partial charge in [0.05, 0.1) is 22.4 Å². The zero-order valence-corrected chi connectivity index (χ0v) is 26.7. The van der Waals surface area contributed by atoms with Crippen LogP contribution in [-0.2, 0) is 0 Å². The SMILES string of the molecule is c1ccc(N2c3c(ccc4c3oc3ccccc34)-n3c4c2cc(-c2ccc5oc6ccccc6c5c2)cc4c2ccc4ccccc4c23)cc1. The van der Waals surface area contributed by atoms with Crippen LogP contribution in [0.3, 0.4) is 0 Å². The molecule has 0 saturated carbocycles. The molecule has 232 valence electrons. The lowest BCUT2D eigenvalue weighted by Crippen LogP contribution is -2.18. The highest BCUT2D eigenvalue weighted by molar-refractivity contribution is 6.25. The van der Waals surface area contributed by atoms with Crippen LogP contribution in [0.15, 0.2) is 167 Å². The van der Waals surface area contributed by atoms with Crippen LogP contribution in [0.1, 0.15) is 0 Å². The molecule has 0 bridgehead atoms. The summed E-state index contributed by atoms with van der Waals surface area (Å²) >= 11 is 0. The van der Waals surface area contributed by atoms with E-state index in [1.807, 2.05) is 18.2 Å². The molecule has 0 amide bonds. The van der Waals surface area contributed by atoms with Gasteiger partial charge in [-0.1, -0.05) is 97.1 Å². The highest BCUT2D eigenvalue weighted by Gasteiger charge is 2.33. The van der Waals surface area contributed by atoms with Crippen LogP contribution in [0.4, 0.5) is 17.1 Å². The van der Waals surface area contributed by atoms with Gasteiger partial charge in [0.2, 0.25) is 0 Å². The number of nitrogens with zero attached hydrogens (tertiary/aromatic N) is 2. The van der Waals surface area contributed by atoms with Crippen molar-refractivity contribution < 1.29 is 8.83 Å². The normalized spacial score (nSPS) is 12.8. The molecule has 0 unspecified atom stereocenters. The number of anilines is 3. The van der Waals surface area contributed by atoms with Crippen LogP contribution in [-0.4, -0.2) is 4.57 Å². The molecule has 3 aromatic heterocycles. The molecule has 0 radical (unpaired) electrons. The van der Waals surface area contributed by atoms with Crippen molar-refractivity contribution in [2.45, 2.75) is 0 Å². The van der Waals surface area contributed by atoms with Gasteiger partial charge in [0.15, 0.2) is 5.58 Å². The molecule has 4 heteroatoms. The third kappa shape index (κ3) is 3.34. The first-order valence-corrected chi connectivity index (χ1v) is 17.0. The van der Waals surface area contributed by atoms with Crippen molar-refractivity contribution in [1.29, 1.82) is 0 Å². The van der Waals surface area contributed by atoms with E-state index in [-0.39, 0.29) is 0 Å². The number of benzene rings is 8. The van der Waals surface area contributed by atoms with E-state index >= 15 is 0 Å². The fourth-order valence-electron chi connectivity index (χ4n) is 8.49. The maximum absolute atomic E-state index is 6.82. The zero-order valence-electron chi connectivity index (χ0n) is 26.7. The van der Waals surface area contributed by atoms with Crippen molar-refractivity contribution in [1.82, 2.24) is 4.57 Å². The second-order valence-electron chi connectivity index (χ2n) is 13.3. The highest BCUT2D eigenvalue weighted by atomic mass is 16.3. The van der Waals surface area contributed by atoms with Crippen LogP contribution >= 0.6 is 0 Å². The molecular formula is C46H26N2O2. The summed E-state index contributed by atoms with van der Waals surface area (Å²) < 4.78 is 15.5. The van der Waals surface area contributed by atoms with Crippen LogP contribution in [0.2, 0.25) is 0 Å². The van der Waals surface area contributed by atoms with Crippen LogP contribution in [0.5, 0.6) is 0 Å². The average Bonchev–Trinajstić information content (AvgIpc) is 3.85. The lowest BCUT2D eigenvalue weighted by atomic mass is 9.97. The van der Waals surface area contributed by atoms with E-state index in [2.05, 4.69) is 149 Å². The van der Waals surface area contributed by atoms with E-state index in [1.165, 1.54) is 32.6 Å². The molecule has 0 N–H and O–H groups in total. The predicted molar refractivity (Wildman–Crippen MR) is 207 cm³/mol. The summed E-state index contributed by atoms with van der Waals surface area (Å²) in [6.45, 7) is 0. The van der Waals surface area contributed by atoms with Gasteiger partial charge in [-0.05, 0) is 77.2 Å². The van der Waals surface area contributed by atoms with Gasteiger partial charge < -0.3 is 18.3 Å². The molecule has 11 aromatic rings. The first-order chi connectivity index (χ1) is 24.8. The smallest absolute Gasteiger partial charge is 0.161 e. The Morgan fingerprint density at radius 1 is 0.380 bits per heavy atom. The molecule has 0 aliphatic carbocycles.